The van der Waals surface area contributed by atoms with Crippen LogP contribution in [-0.4, -0.2) is 59.7 Å². The van der Waals surface area contributed by atoms with Gasteiger partial charge in [0.25, 0.3) is 17.6 Å². The Kier molecular flexibility index (Phi) is 7.22. The number of halogens is 3. The van der Waals surface area contributed by atoms with E-state index in [-0.39, 0.29) is 36.7 Å². The van der Waals surface area contributed by atoms with Crippen LogP contribution in [0, 0.1) is 17.7 Å². The third-order valence-corrected chi connectivity index (χ3v) is 6.57. The van der Waals surface area contributed by atoms with Crippen LogP contribution in [0.4, 0.5) is 14.6 Å². The van der Waals surface area contributed by atoms with Crippen molar-refractivity contribution < 1.29 is 23.2 Å². The summed E-state index contributed by atoms with van der Waals surface area (Å²) in [6.45, 7) is -0.436. The summed E-state index contributed by atoms with van der Waals surface area (Å²) in [6, 6.07) is 9.52. The predicted molar refractivity (Wildman–Crippen MR) is 142 cm³/mol. The number of aromatic nitrogens is 5. The van der Waals surface area contributed by atoms with Crippen LogP contribution >= 0.6 is 15.9 Å². The van der Waals surface area contributed by atoms with Crippen molar-refractivity contribution in [3.8, 4) is 11.8 Å². The van der Waals surface area contributed by atoms with E-state index in [2.05, 4.69) is 53.1 Å². The zero-order valence-electron chi connectivity index (χ0n) is 20.6. The van der Waals surface area contributed by atoms with Gasteiger partial charge in [0.1, 0.15) is 17.0 Å². The van der Waals surface area contributed by atoms with Crippen LogP contribution in [-0.2, 0) is 16.1 Å². The lowest BCUT2D eigenvalue weighted by Crippen LogP contribution is -2.53. The van der Waals surface area contributed by atoms with E-state index in [1.807, 2.05) is 0 Å². The maximum absolute atomic E-state index is 16.0. The van der Waals surface area contributed by atoms with Crippen molar-refractivity contribution in [3.63, 3.8) is 0 Å². The molecule has 1 fully saturated rings. The number of alkyl halides is 1. The molecule has 0 bridgehead atoms. The van der Waals surface area contributed by atoms with Crippen molar-refractivity contribution >= 4 is 50.4 Å². The number of hydrogen-bond acceptors (Lipinski definition) is 7. The Morgan fingerprint density at radius 1 is 1.15 bits per heavy atom. The monoisotopic (exact) mass is 608 g/mol. The summed E-state index contributed by atoms with van der Waals surface area (Å²) in [5.74, 6) is -0.0317. The number of hydrogen-bond donors (Lipinski definition) is 2. The second-order valence-corrected chi connectivity index (χ2v) is 9.60. The molecule has 202 valence electrons. The predicted octanol–water partition coefficient (Wildman–Crippen LogP) is 2.55. The Morgan fingerprint density at radius 2 is 1.93 bits per heavy atom. The number of carbonyl (C=O) groups excluding carboxylic acids is 3. The minimum Gasteiger partial charge on any atom is -0.364 e. The highest BCUT2D eigenvalue weighted by Gasteiger charge is 2.50. The van der Waals surface area contributed by atoms with Crippen LogP contribution in [0.1, 0.15) is 34.7 Å². The molecule has 1 aliphatic heterocycles. The van der Waals surface area contributed by atoms with Crippen molar-refractivity contribution in [1.29, 1.82) is 0 Å². The van der Waals surface area contributed by atoms with Crippen molar-refractivity contribution in [1.82, 2.24) is 29.6 Å². The molecule has 1 aliphatic rings. The lowest BCUT2D eigenvalue weighted by Gasteiger charge is -2.29. The van der Waals surface area contributed by atoms with Gasteiger partial charge in [0.2, 0.25) is 11.7 Å². The average molecular weight is 609 g/mol. The number of amides is 3. The lowest BCUT2D eigenvalue weighted by molar-refractivity contribution is -0.153. The molecule has 0 aliphatic carbocycles. The van der Waals surface area contributed by atoms with Crippen molar-refractivity contribution in [2.24, 2.45) is 5.73 Å². The Hall–Kier alpha value is -4.77. The first kappa shape index (κ1) is 26.8. The van der Waals surface area contributed by atoms with Crippen LogP contribution in [0.3, 0.4) is 0 Å². The molecule has 1 atom stereocenters. The van der Waals surface area contributed by atoms with E-state index in [1.165, 1.54) is 10.7 Å². The third kappa shape index (κ3) is 5.36. The second-order valence-electron chi connectivity index (χ2n) is 8.79. The zero-order chi connectivity index (χ0) is 28.4. The van der Waals surface area contributed by atoms with Gasteiger partial charge in [-0.05, 0) is 58.6 Å². The Morgan fingerprint density at radius 3 is 2.65 bits per heavy atom. The summed E-state index contributed by atoms with van der Waals surface area (Å²) in [6.07, 6.45) is 2.05. The molecule has 4 aromatic rings. The van der Waals surface area contributed by atoms with E-state index >= 15 is 4.39 Å². The molecular weight excluding hydrogens is 590 g/mol. The Bertz CT molecular complexity index is 1720. The van der Waals surface area contributed by atoms with Gasteiger partial charge < -0.3 is 16.0 Å². The highest BCUT2D eigenvalue weighted by molar-refractivity contribution is 9.10. The lowest BCUT2D eigenvalue weighted by atomic mass is 10.1. The van der Waals surface area contributed by atoms with Gasteiger partial charge in [0, 0.05) is 23.9 Å². The molecule has 1 saturated heterocycles. The molecule has 1 aromatic carbocycles. The molecule has 14 heteroatoms. The number of rotatable bonds is 5. The Balaban J connectivity index is 1.39. The van der Waals surface area contributed by atoms with Gasteiger partial charge in [-0.1, -0.05) is 12.0 Å². The first-order valence-corrected chi connectivity index (χ1v) is 12.7. The van der Waals surface area contributed by atoms with Crippen LogP contribution in [0.2, 0.25) is 0 Å². The summed E-state index contributed by atoms with van der Waals surface area (Å²) in [5, 5.41) is 6.92. The van der Waals surface area contributed by atoms with Crippen molar-refractivity contribution in [2.45, 2.75) is 25.2 Å². The number of fused-ring (bicyclic) bond motifs is 1. The van der Waals surface area contributed by atoms with Gasteiger partial charge in [-0.2, -0.15) is 5.10 Å². The normalized spacial score (nSPS) is 16.4. The topological polar surface area (TPSA) is 149 Å². The first-order valence-electron chi connectivity index (χ1n) is 11.9. The zero-order valence-corrected chi connectivity index (χ0v) is 22.2. The molecule has 1 unspecified atom stereocenters. The van der Waals surface area contributed by atoms with E-state index in [1.54, 1.807) is 30.3 Å². The molecular formula is C26H19BrF2N8O3. The molecule has 3 aromatic heterocycles. The van der Waals surface area contributed by atoms with Gasteiger partial charge in [0.05, 0.1) is 17.9 Å². The van der Waals surface area contributed by atoms with Gasteiger partial charge >= 0.3 is 0 Å². The number of nitrogens with zero attached hydrogens (tertiary/aromatic N) is 6. The molecule has 4 heterocycles. The first-order chi connectivity index (χ1) is 19.1. The quantitative estimate of drug-likeness (QED) is 0.201. The van der Waals surface area contributed by atoms with Crippen molar-refractivity contribution in [3.05, 3.63) is 76.3 Å². The molecule has 0 spiro atoms. The van der Waals surface area contributed by atoms with E-state index in [9.17, 15) is 18.8 Å². The number of carbonyl (C=O) groups is 3. The fraction of sp³-hybridized carbons (Fsp3) is 0.192. The van der Waals surface area contributed by atoms with Crippen LogP contribution in [0.5, 0.6) is 0 Å². The summed E-state index contributed by atoms with van der Waals surface area (Å²) in [7, 11) is 0. The molecule has 40 heavy (non-hydrogen) atoms. The SMILES string of the molecule is NC(=O)c1nn(CC(=O)N2CCCC2(F)C(=O)Nc2cccc(Br)n2)c2ccc(C#Cc3ncc(F)cn3)cc12. The van der Waals surface area contributed by atoms with Crippen LogP contribution in [0.25, 0.3) is 10.9 Å². The second kappa shape index (κ2) is 10.8. The number of benzene rings is 1. The average Bonchev–Trinajstić information content (AvgIpc) is 3.49. The maximum Gasteiger partial charge on any atom is 0.284 e. The maximum atomic E-state index is 16.0. The fourth-order valence-electron chi connectivity index (χ4n) is 4.31. The summed E-state index contributed by atoms with van der Waals surface area (Å²) < 4.78 is 30.7. The molecule has 3 N–H and O–H groups in total. The summed E-state index contributed by atoms with van der Waals surface area (Å²) in [4.78, 5) is 50.7. The van der Waals surface area contributed by atoms with Crippen LogP contribution < -0.4 is 11.1 Å². The number of anilines is 1. The minimum atomic E-state index is -2.60. The highest BCUT2D eigenvalue weighted by atomic mass is 79.9. The largest absolute Gasteiger partial charge is 0.364 e. The van der Waals surface area contributed by atoms with Crippen LogP contribution in [0.15, 0.2) is 53.4 Å². The minimum absolute atomic E-state index is 0.0156. The standard InChI is InChI=1S/C26H19BrF2N8O3/c27-19-3-1-4-21(33-19)34-25(40)26(29)9-2-10-36(26)22(38)14-37-18-7-5-15(11-17(18)23(35-37)24(30)39)6-8-20-31-12-16(28)13-32-20/h1,3-5,7,11-13H,2,9-10,14H2,(H2,30,39)(H,33,34,40). The third-order valence-electron chi connectivity index (χ3n) is 6.13. The number of primary amides is 1. The number of likely N-dealkylation sites (tertiary alicyclic amines) is 1. The van der Waals surface area contributed by atoms with E-state index in [0.29, 0.717) is 21.1 Å². The number of nitrogens with one attached hydrogen (secondary N) is 1. The molecule has 11 nitrogen and oxygen atoms in total. The summed E-state index contributed by atoms with van der Waals surface area (Å²) >= 11 is 3.19. The number of nitrogens with two attached hydrogens (primary N) is 1. The van der Waals surface area contributed by atoms with Gasteiger partial charge in [-0.3, -0.25) is 19.1 Å². The summed E-state index contributed by atoms with van der Waals surface area (Å²) in [5.41, 5.74) is 6.23. The fourth-order valence-corrected chi connectivity index (χ4v) is 4.65. The van der Waals surface area contributed by atoms with E-state index in [4.69, 9.17) is 5.73 Å². The van der Waals surface area contributed by atoms with Gasteiger partial charge in [0.15, 0.2) is 11.5 Å². The van der Waals surface area contributed by atoms with Gasteiger partial charge in [-0.15, -0.1) is 0 Å². The Labute approximate surface area is 233 Å². The van der Waals surface area contributed by atoms with Gasteiger partial charge in [-0.25, -0.2) is 23.7 Å². The molecule has 3 amide bonds. The smallest absolute Gasteiger partial charge is 0.284 e. The molecule has 5 rings (SSSR count). The van der Waals surface area contributed by atoms with Crippen molar-refractivity contribution in [2.75, 3.05) is 11.9 Å². The highest BCUT2D eigenvalue weighted by Crippen LogP contribution is 2.33. The van der Waals surface area contributed by atoms with E-state index < -0.39 is 35.9 Å². The number of pyridine rings is 1. The molecule has 0 radical (unpaired) electrons. The molecule has 0 saturated carbocycles. The van der Waals surface area contributed by atoms with E-state index in [0.717, 1.165) is 17.3 Å².